The molecule has 0 saturated heterocycles. The molecular formula is C30H37N3. The molecule has 1 heterocycles. The van der Waals surface area contributed by atoms with E-state index in [0.29, 0.717) is 5.92 Å². The van der Waals surface area contributed by atoms with E-state index < -0.39 is 0 Å². The first kappa shape index (κ1) is 23.2. The lowest BCUT2D eigenvalue weighted by Gasteiger charge is -2.19. The predicted octanol–water partition coefficient (Wildman–Crippen LogP) is 8.02. The van der Waals surface area contributed by atoms with Crippen molar-refractivity contribution in [3.05, 3.63) is 71.8 Å². The highest BCUT2D eigenvalue weighted by atomic mass is 15.5. The second-order valence-electron chi connectivity index (χ2n) is 11.7. The Bertz CT molecular complexity index is 1150. The van der Waals surface area contributed by atoms with Gasteiger partial charge in [0.25, 0.3) is 0 Å². The van der Waals surface area contributed by atoms with Crippen LogP contribution in [0.4, 0.5) is 0 Å². The summed E-state index contributed by atoms with van der Waals surface area (Å²) in [5, 5.41) is 9.90. The lowest BCUT2D eigenvalue weighted by Crippen LogP contribution is -2.10. The molecule has 0 unspecified atom stereocenters. The van der Waals surface area contributed by atoms with Crippen LogP contribution in [0.3, 0.4) is 0 Å². The van der Waals surface area contributed by atoms with Crippen LogP contribution in [0.25, 0.3) is 33.3 Å². The molecule has 3 aromatic carbocycles. The maximum absolute atomic E-state index is 4.95. The Morgan fingerprint density at radius 3 is 1.27 bits per heavy atom. The van der Waals surface area contributed by atoms with Crippen molar-refractivity contribution in [1.29, 1.82) is 0 Å². The van der Waals surface area contributed by atoms with Crippen LogP contribution in [0, 0.1) is 5.92 Å². The molecule has 3 heteroatoms. The minimum absolute atomic E-state index is 0.136. The first-order chi connectivity index (χ1) is 15.4. The van der Waals surface area contributed by atoms with Crippen LogP contribution in [-0.2, 0) is 17.4 Å². The van der Waals surface area contributed by atoms with Crippen LogP contribution in [0.1, 0.15) is 66.5 Å². The van der Waals surface area contributed by atoms with Gasteiger partial charge >= 0.3 is 0 Å². The second-order valence-corrected chi connectivity index (χ2v) is 11.7. The van der Waals surface area contributed by atoms with Gasteiger partial charge in [-0.1, -0.05) is 116 Å². The summed E-state index contributed by atoms with van der Waals surface area (Å²) >= 11 is 0. The van der Waals surface area contributed by atoms with Gasteiger partial charge in [0.1, 0.15) is 11.0 Å². The van der Waals surface area contributed by atoms with E-state index in [1.165, 1.54) is 22.3 Å². The Labute approximate surface area is 198 Å². The number of hydrogen-bond donors (Lipinski definition) is 0. The fourth-order valence-corrected chi connectivity index (χ4v) is 4.21. The van der Waals surface area contributed by atoms with Crippen molar-refractivity contribution in [2.45, 2.75) is 72.8 Å². The van der Waals surface area contributed by atoms with E-state index in [0.717, 1.165) is 28.7 Å². The summed E-state index contributed by atoms with van der Waals surface area (Å²) in [6, 6.07) is 22.2. The van der Waals surface area contributed by atoms with Crippen LogP contribution in [0.2, 0.25) is 0 Å². The molecule has 0 amide bonds. The third kappa shape index (κ3) is 4.88. The fraction of sp³-hybridized carbons (Fsp3) is 0.400. The lowest BCUT2D eigenvalue weighted by atomic mass is 9.85. The van der Waals surface area contributed by atoms with E-state index in [1.807, 2.05) is 4.80 Å². The summed E-state index contributed by atoms with van der Waals surface area (Å²) in [6.45, 7) is 18.7. The smallest absolute Gasteiger partial charge is 0.121 e. The van der Waals surface area contributed by atoms with Crippen LogP contribution in [0.5, 0.6) is 0 Å². The van der Waals surface area contributed by atoms with E-state index in [-0.39, 0.29) is 10.8 Å². The molecule has 0 spiro atoms. The Hall–Kier alpha value is -2.94. The van der Waals surface area contributed by atoms with E-state index in [2.05, 4.69) is 116 Å². The molecule has 0 radical (unpaired) electrons. The lowest BCUT2D eigenvalue weighted by molar-refractivity contribution is 0.442. The molecule has 0 bridgehead atoms. The summed E-state index contributed by atoms with van der Waals surface area (Å²) in [7, 11) is 0. The molecule has 0 saturated carbocycles. The zero-order chi connectivity index (χ0) is 24.0. The maximum Gasteiger partial charge on any atom is 0.121 e. The van der Waals surface area contributed by atoms with Gasteiger partial charge < -0.3 is 0 Å². The average molecular weight is 440 g/mol. The molecule has 0 fully saturated rings. The second kappa shape index (κ2) is 8.44. The van der Waals surface area contributed by atoms with Gasteiger partial charge in [-0.2, -0.15) is 15.0 Å². The van der Waals surface area contributed by atoms with Crippen LogP contribution < -0.4 is 0 Å². The molecule has 0 aliphatic carbocycles. The SMILES string of the molecule is CC(C)Cn1nc2c(-c3ccc(C(C)(C)C)cc3)ccc(-c3ccc(C(C)(C)C)cc3)c2n1. The zero-order valence-electron chi connectivity index (χ0n) is 21.4. The summed E-state index contributed by atoms with van der Waals surface area (Å²) in [4.78, 5) is 1.87. The Kier molecular flexibility index (Phi) is 5.94. The first-order valence-electron chi connectivity index (χ1n) is 12.0. The quantitative estimate of drug-likeness (QED) is 0.322. The van der Waals surface area contributed by atoms with Gasteiger partial charge in [-0.05, 0) is 39.0 Å². The first-order valence-corrected chi connectivity index (χ1v) is 12.0. The normalized spacial score (nSPS) is 12.6. The number of nitrogens with zero attached hydrogens (tertiary/aromatic N) is 3. The van der Waals surface area contributed by atoms with Gasteiger partial charge in [-0.25, -0.2) is 0 Å². The molecule has 3 nitrogen and oxygen atoms in total. The van der Waals surface area contributed by atoms with Crippen molar-refractivity contribution in [3.63, 3.8) is 0 Å². The highest BCUT2D eigenvalue weighted by Crippen LogP contribution is 2.35. The largest absolute Gasteiger partial charge is 0.183 e. The van der Waals surface area contributed by atoms with Crippen molar-refractivity contribution in [2.75, 3.05) is 0 Å². The number of rotatable bonds is 4. The van der Waals surface area contributed by atoms with Crippen LogP contribution in [0.15, 0.2) is 60.7 Å². The highest BCUT2D eigenvalue weighted by molar-refractivity contribution is 6.00. The van der Waals surface area contributed by atoms with Gasteiger partial charge in [-0.3, -0.25) is 0 Å². The summed E-state index contributed by atoms with van der Waals surface area (Å²) in [5.41, 5.74) is 9.51. The van der Waals surface area contributed by atoms with E-state index in [4.69, 9.17) is 10.2 Å². The predicted molar refractivity (Wildman–Crippen MR) is 141 cm³/mol. The minimum atomic E-state index is 0.136. The van der Waals surface area contributed by atoms with Crippen molar-refractivity contribution in [3.8, 4) is 22.3 Å². The molecule has 0 aliphatic rings. The molecule has 1 aromatic heterocycles. The van der Waals surface area contributed by atoms with E-state index in [1.54, 1.807) is 0 Å². The molecule has 172 valence electrons. The molecule has 4 rings (SSSR count). The van der Waals surface area contributed by atoms with Crippen LogP contribution in [-0.4, -0.2) is 15.0 Å². The van der Waals surface area contributed by atoms with Crippen molar-refractivity contribution in [1.82, 2.24) is 15.0 Å². The number of aromatic nitrogens is 3. The Morgan fingerprint density at radius 1 is 0.606 bits per heavy atom. The molecule has 0 aliphatic heterocycles. The maximum atomic E-state index is 4.95. The molecule has 0 atom stereocenters. The third-order valence-corrected chi connectivity index (χ3v) is 6.23. The van der Waals surface area contributed by atoms with Crippen molar-refractivity contribution >= 4 is 11.0 Å². The highest BCUT2D eigenvalue weighted by Gasteiger charge is 2.18. The van der Waals surface area contributed by atoms with Crippen molar-refractivity contribution < 1.29 is 0 Å². The average Bonchev–Trinajstić information content (AvgIpc) is 3.14. The number of hydrogen-bond acceptors (Lipinski definition) is 2. The topological polar surface area (TPSA) is 30.7 Å². The van der Waals surface area contributed by atoms with Gasteiger partial charge in [0, 0.05) is 11.1 Å². The molecular weight excluding hydrogens is 402 g/mol. The van der Waals surface area contributed by atoms with E-state index >= 15 is 0 Å². The number of fused-ring (bicyclic) bond motifs is 1. The van der Waals surface area contributed by atoms with Gasteiger partial charge in [0.15, 0.2) is 0 Å². The monoisotopic (exact) mass is 439 g/mol. The third-order valence-electron chi connectivity index (χ3n) is 6.23. The Balaban J connectivity index is 1.84. The summed E-state index contributed by atoms with van der Waals surface area (Å²) < 4.78 is 0. The van der Waals surface area contributed by atoms with Crippen molar-refractivity contribution in [2.24, 2.45) is 5.92 Å². The zero-order valence-corrected chi connectivity index (χ0v) is 21.4. The molecule has 0 N–H and O–H groups in total. The van der Waals surface area contributed by atoms with E-state index in [9.17, 15) is 0 Å². The standard InChI is InChI=1S/C30H37N3/c1-20(2)19-33-31-27-25(21-9-13-23(14-10-21)29(3,4)5)17-18-26(28(27)32-33)22-11-15-24(16-12-22)30(6,7)8/h9-18,20H,19H2,1-8H3. The fourth-order valence-electron chi connectivity index (χ4n) is 4.21. The summed E-state index contributed by atoms with van der Waals surface area (Å²) in [6.07, 6.45) is 0. The Morgan fingerprint density at radius 2 is 0.970 bits per heavy atom. The summed E-state index contributed by atoms with van der Waals surface area (Å²) in [5.74, 6) is 0.482. The molecule has 33 heavy (non-hydrogen) atoms. The number of benzene rings is 3. The van der Waals surface area contributed by atoms with Gasteiger partial charge in [-0.15, -0.1) is 0 Å². The molecule has 4 aromatic rings. The minimum Gasteiger partial charge on any atom is -0.183 e. The van der Waals surface area contributed by atoms with Crippen LogP contribution >= 0.6 is 0 Å². The van der Waals surface area contributed by atoms with Gasteiger partial charge in [0.2, 0.25) is 0 Å². The van der Waals surface area contributed by atoms with Gasteiger partial charge in [0.05, 0.1) is 6.54 Å².